The van der Waals surface area contributed by atoms with E-state index in [1.165, 1.54) is 0 Å². The molecule has 0 aliphatic carbocycles. The summed E-state index contributed by atoms with van der Waals surface area (Å²) in [5.74, 6) is -0.363. The highest BCUT2D eigenvalue weighted by atomic mass is 35.5. The van der Waals surface area contributed by atoms with Crippen molar-refractivity contribution in [3.8, 4) is 5.75 Å². The smallest absolute Gasteiger partial charge is 0.155 e. The molecule has 0 heterocycles. The Bertz CT molecular complexity index is 236. The molecule has 1 aromatic carbocycles. The van der Waals surface area contributed by atoms with Gasteiger partial charge in [-0.25, -0.2) is 0 Å². The zero-order chi connectivity index (χ0) is 11.5. The van der Waals surface area contributed by atoms with E-state index < -0.39 is 0 Å². The van der Waals surface area contributed by atoms with Gasteiger partial charge < -0.3 is 5.11 Å². The minimum absolute atomic E-state index is 0.00904. The maximum Gasteiger partial charge on any atom is 0.155 e. The summed E-state index contributed by atoms with van der Waals surface area (Å²) in [7, 11) is 0. The van der Waals surface area contributed by atoms with Gasteiger partial charge in [-0.05, 0) is 0 Å². The Morgan fingerprint density at radius 2 is 0.786 bits per heavy atom. The van der Waals surface area contributed by atoms with Gasteiger partial charge in [0.25, 0.3) is 0 Å². The number of phenolic OH excluding ortho intramolecular Hbond substituents is 1. The molecule has 0 amide bonds. The Labute approximate surface area is 104 Å². The van der Waals surface area contributed by atoms with Crippen LogP contribution in [0.25, 0.3) is 0 Å². The fraction of sp³-hybridized carbons (Fsp3) is 0. The van der Waals surface area contributed by atoms with Crippen LogP contribution in [0.1, 0.15) is 0 Å². The van der Waals surface area contributed by atoms with Crippen molar-refractivity contribution < 1.29 is 15.6 Å². The molecule has 0 aliphatic heterocycles. The number of hydrogen-bond donors (Lipinski definition) is 3. The van der Waals surface area contributed by atoms with Gasteiger partial charge in [0.15, 0.2) is 5.75 Å². The van der Waals surface area contributed by atoms with Gasteiger partial charge in [0.05, 0.1) is 15.1 Å². The van der Waals surface area contributed by atoms with Crippen molar-refractivity contribution in [1.82, 2.24) is 0 Å². The van der Waals surface area contributed by atoms with Gasteiger partial charge in [-0.2, -0.15) is 0 Å². The van der Waals surface area contributed by atoms with Crippen LogP contribution in [0, 0.1) is 0 Å². The van der Waals surface area contributed by atoms with Crippen molar-refractivity contribution in [1.29, 1.82) is 0 Å². The van der Waals surface area contributed by atoms with Crippen LogP contribution in [-0.2, 0) is 0 Å². The molecule has 0 atom stereocenters. The average molecular weight is 300 g/mol. The van der Waals surface area contributed by atoms with E-state index in [4.69, 9.17) is 68.5 Å². The average Bonchev–Trinajstić information content (AvgIpc) is 2.24. The SMILES string of the molecule is OO.Oc1c(Cl)c(Cl)c(Cl)c(Cl)c1Cl. The standard InChI is InChI=1S/C6HCl5O.H2O2/c7-1-2(8)4(10)6(12)5(11)3(1)9;1-2/h12H;1-2H. The van der Waals surface area contributed by atoms with Crippen molar-refractivity contribution in [2.24, 2.45) is 0 Å². The van der Waals surface area contributed by atoms with E-state index in [9.17, 15) is 5.11 Å². The number of benzene rings is 1. The van der Waals surface area contributed by atoms with Gasteiger partial charge in [0.2, 0.25) is 0 Å². The fourth-order valence-electron chi connectivity index (χ4n) is 0.593. The van der Waals surface area contributed by atoms with Gasteiger partial charge in [-0.15, -0.1) is 0 Å². The molecule has 0 aromatic heterocycles. The fourth-order valence-corrected chi connectivity index (χ4v) is 1.72. The first kappa shape index (κ1) is 14.4. The predicted molar refractivity (Wildman–Crippen MR) is 58.4 cm³/mol. The Morgan fingerprint density at radius 3 is 1.07 bits per heavy atom. The molecule has 0 bridgehead atoms. The summed E-state index contributed by atoms with van der Waals surface area (Å²) in [5, 5.41) is 21.0. The van der Waals surface area contributed by atoms with Gasteiger partial charge in [-0.1, -0.05) is 58.0 Å². The molecule has 14 heavy (non-hydrogen) atoms. The van der Waals surface area contributed by atoms with Crippen LogP contribution < -0.4 is 0 Å². The number of halogens is 5. The lowest BCUT2D eigenvalue weighted by Gasteiger charge is -2.06. The lowest BCUT2D eigenvalue weighted by atomic mass is 10.3. The van der Waals surface area contributed by atoms with Crippen molar-refractivity contribution in [2.45, 2.75) is 0 Å². The second kappa shape index (κ2) is 6.08. The minimum atomic E-state index is -0.363. The van der Waals surface area contributed by atoms with Crippen LogP contribution in [-0.4, -0.2) is 15.6 Å². The summed E-state index contributed by atoms with van der Waals surface area (Å²) >= 11 is 27.9. The molecule has 0 spiro atoms. The normalized spacial score (nSPS) is 9.36. The zero-order valence-electron chi connectivity index (χ0n) is 6.23. The molecular weight excluding hydrogens is 297 g/mol. The maximum absolute atomic E-state index is 9.20. The third-order valence-electron chi connectivity index (χ3n) is 1.19. The van der Waals surface area contributed by atoms with Gasteiger partial charge in [0.1, 0.15) is 10.0 Å². The summed E-state index contributed by atoms with van der Waals surface area (Å²) < 4.78 is 0. The van der Waals surface area contributed by atoms with Gasteiger partial charge in [0, 0.05) is 0 Å². The third kappa shape index (κ3) is 2.70. The first-order chi connectivity index (χ1) is 6.46. The summed E-state index contributed by atoms with van der Waals surface area (Å²) in [5.41, 5.74) is 0. The van der Waals surface area contributed by atoms with Crippen LogP contribution in [0.15, 0.2) is 0 Å². The zero-order valence-corrected chi connectivity index (χ0v) is 10.0. The molecule has 1 aromatic rings. The highest BCUT2D eigenvalue weighted by Crippen LogP contribution is 2.47. The van der Waals surface area contributed by atoms with E-state index in [-0.39, 0.29) is 30.9 Å². The molecule has 8 heteroatoms. The van der Waals surface area contributed by atoms with Gasteiger partial charge in [-0.3, -0.25) is 10.5 Å². The van der Waals surface area contributed by atoms with E-state index in [0.29, 0.717) is 0 Å². The molecular formula is C6H3Cl5O3. The molecule has 0 radical (unpaired) electrons. The quantitative estimate of drug-likeness (QED) is 0.282. The predicted octanol–water partition coefficient (Wildman–Crippen LogP) is 4.68. The highest BCUT2D eigenvalue weighted by Gasteiger charge is 2.17. The molecule has 0 saturated carbocycles. The van der Waals surface area contributed by atoms with Crippen LogP contribution >= 0.6 is 58.0 Å². The van der Waals surface area contributed by atoms with E-state index in [1.54, 1.807) is 0 Å². The highest BCUT2D eigenvalue weighted by molar-refractivity contribution is 6.55. The molecule has 80 valence electrons. The van der Waals surface area contributed by atoms with Crippen molar-refractivity contribution >= 4 is 58.0 Å². The number of aromatic hydroxyl groups is 1. The number of hydrogen-bond acceptors (Lipinski definition) is 3. The third-order valence-corrected chi connectivity index (χ3v) is 3.44. The van der Waals surface area contributed by atoms with Crippen LogP contribution in [0.4, 0.5) is 0 Å². The molecule has 0 unspecified atom stereocenters. The Kier molecular flexibility index (Phi) is 6.25. The molecule has 3 N–H and O–H groups in total. The Morgan fingerprint density at radius 1 is 0.571 bits per heavy atom. The van der Waals surface area contributed by atoms with Gasteiger partial charge >= 0.3 is 0 Å². The van der Waals surface area contributed by atoms with Crippen LogP contribution in [0.2, 0.25) is 25.1 Å². The van der Waals surface area contributed by atoms with E-state index in [0.717, 1.165) is 0 Å². The lowest BCUT2D eigenvalue weighted by molar-refractivity contribution is -0.176. The van der Waals surface area contributed by atoms with E-state index in [2.05, 4.69) is 0 Å². The summed E-state index contributed by atoms with van der Waals surface area (Å²) in [6, 6.07) is 0. The second-order valence-corrected chi connectivity index (χ2v) is 3.81. The largest absolute Gasteiger partial charge is 0.505 e. The van der Waals surface area contributed by atoms with Crippen LogP contribution in [0.3, 0.4) is 0 Å². The number of rotatable bonds is 0. The number of phenols is 1. The first-order valence-corrected chi connectivity index (χ1v) is 4.76. The summed E-state index contributed by atoms with van der Waals surface area (Å²) in [4.78, 5) is 0. The molecule has 0 saturated heterocycles. The molecule has 1 rings (SSSR count). The van der Waals surface area contributed by atoms with Crippen molar-refractivity contribution in [2.75, 3.05) is 0 Å². The monoisotopic (exact) mass is 298 g/mol. The lowest BCUT2D eigenvalue weighted by Crippen LogP contribution is -1.78. The first-order valence-electron chi connectivity index (χ1n) is 2.87. The Balaban J connectivity index is 0.000000791. The molecule has 3 nitrogen and oxygen atoms in total. The topological polar surface area (TPSA) is 60.7 Å². The summed E-state index contributed by atoms with van der Waals surface area (Å²) in [6.45, 7) is 0. The maximum atomic E-state index is 9.20. The van der Waals surface area contributed by atoms with Crippen molar-refractivity contribution in [3.63, 3.8) is 0 Å². The van der Waals surface area contributed by atoms with Crippen LogP contribution in [0.5, 0.6) is 5.75 Å². The molecule has 0 aliphatic rings. The van der Waals surface area contributed by atoms with E-state index >= 15 is 0 Å². The van der Waals surface area contributed by atoms with Crippen molar-refractivity contribution in [3.05, 3.63) is 25.1 Å². The Hall–Kier alpha value is 0.390. The minimum Gasteiger partial charge on any atom is -0.505 e. The van der Waals surface area contributed by atoms with E-state index in [1.807, 2.05) is 0 Å². The second-order valence-electron chi connectivity index (χ2n) is 1.92. The molecule has 0 fully saturated rings. The summed E-state index contributed by atoms with van der Waals surface area (Å²) in [6.07, 6.45) is 0.